The van der Waals surface area contributed by atoms with Gasteiger partial charge in [-0.05, 0) is 44.9 Å². The van der Waals surface area contributed by atoms with Crippen molar-refractivity contribution in [1.29, 1.82) is 0 Å². The molecule has 0 aromatic heterocycles. The van der Waals surface area contributed by atoms with E-state index in [1.54, 1.807) is 0 Å². The first-order valence-corrected chi connectivity index (χ1v) is 18.7. The third-order valence-corrected chi connectivity index (χ3v) is 11.1. The van der Waals surface area contributed by atoms with Crippen molar-refractivity contribution in [3.8, 4) is 11.1 Å². The van der Waals surface area contributed by atoms with Gasteiger partial charge in [-0.2, -0.15) is 0 Å². The average molecular weight is 667 g/mol. The molecule has 1 aliphatic carbocycles. The Morgan fingerprint density at radius 2 is 0.788 bits per heavy atom. The zero-order valence-corrected chi connectivity index (χ0v) is 30.6. The third kappa shape index (κ3) is 6.51. The van der Waals surface area contributed by atoms with Gasteiger partial charge in [0.1, 0.15) is 0 Å². The van der Waals surface area contributed by atoms with Crippen molar-refractivity contribution in [2.24, 2.45) is 0 Å². The van der Waals surface area contributed by atoms with Gasteiger partial charge in [0.25, 0.3) is 0 Å². The second-order valence-electron chi connectivity index (χ2n) is 15.2. The molecule has 0 radical (unpaired) electrons. The number of hydrogen-bond donors (Lipinski definition) is 0. The van der Waals surface area contributed by atoms with Crippen LogP contribution in [0.1, 0.15) is 61.4 Å². The third-order valence-electron chi connectivity index (χ3n) is 11.1. The van der Waals surface area contributed by atoms with E-state index in [0.717, 1.165) is 0 Å². The van der Waals surface area contributed by atoms with Gasteiger partial charge in [-0.1, -0.05) is 249 Å². The molecule has 0 N–H and O–H groups in total. The Balaban J connectivity index is 1.06. The van der Waals surface area contributed by atoms with E-state index in [1.165, 1.54) is 71.7 Å². The Morgan fingerprint density at radius 3 is 1.31 bits per heavy atom. The Kier molecular flexibility index (Phi) is 9.16. The molecule has 0 unspecified atom stereocenters. The molecule has 0 nitrogen and oxygen atoms in total. The minimum Gasteiger partial charge on any atom is -0.0687 e. The summed E-state index contributed by atoms with van der Waals surface area (Å²) < 4.78 is 0. The Bertz CT molecular complexity index is 2280. The highest BCUT2D eigenvalue weighted by Gasteiger charge is 2.36. The van der Waals surface area contributed by atoms with Crippen molar-refractivity contribution < 1.29 is 0 Å². The van der Waals surface area contributed by atoms with Gasteiger partial charge in [-0.15, -0.1) is 0 Å². The minimum atomic E-state index is -0.107. The Hall–Kier alpha value is -5.59. The van der Waals surface area contributed by atoms with Crippen LogP contribution < -0.4 is 32.8 Å². The molecule has 7 aromatic rings. The molecular weight excluding hydrogens is 622 g/mol. The largest absolute Gasteiger partial charge is 0.241 e. The van der Waals surface area contributed by atoms with Crippen LogP contribution in [0.5, 0.6) is 0 Å². The fourth-order valence-electron chi connectivity index (χ4n) is 8.21. The first-order valence-electron chi connectivity index (χ1n) is 18.7. The lowest BCUT2D eigenvalue weighted by Gasteiger charge is -2.24. The van der Waals surface area contributed by atoms with Crippen molar-refractivity contribution in [2.45, 2.75) is 39.0 Å². The van der Waals surface area contributed by atoms with Crippen molar-refractivity contribution in [1.82, 2.24) is 0 Å². The second-order valence-corrected chi connectivity index (χ2v) is 15.2. The van der Waals surface area contributed by atoms with E-state index in [2.05, 4.69) is 216 Å². The molecule has 0 spiro atoms. The summed E-state index contributed by atoms with van der Waals surface area (Å²) in [7, 11) is 0. The summed E-state index contributed by atoms with van der Waals surface area (Å²) in [5.74, 6) is 0.521. The first-order chi connectivity index (χ1) is 25.4. The normalized spacial score (nSPS) is 12.9. The fourth-order valence-corrected chi connectivity index (χ4v) is 8.21. The quantitative estimate of drug-likeness (QED) is 0.107. The van der Waals surface area contributed by atoms with Crippen molar-refractivity contribution >= 4 is 58.4 Å². The molecule has 0 saturated carbocycles. The van der Waals surface area contributed by atoms with E-state index in [1.807, 2.05) is 0 Å². The number of hydrogen-bond acceptors (Lipinski definition) is 0. The second kappa shape index (κ2) is 14.2. The Labute approximate surface area is 311 Å². The van der Waals surface area contributed by atoms with Crippen LogP contribution in [0.4, 0.5) is 0 Å². The van der Waals surface area contributed by atoms with Gasteiger partial charge in [-0.3, -0.25) is 0 Å². The van der Waals surface area contributed by atoms with Crippen LogP contribution in [0.3, 0.4) is 0 Å². The summed E-state index contributed by atoms with van der Waals surface area (Å²) in [5.41, 5.74) is 17.1. The lowest BCUT2D eigenvalue weighted by atomic mass is 9.36. The molecule has 1 aliphatic rings. The summed E-state index contributed by atoms with van der Waals surface area (Å²) in [6.45, 7) is 9.65. The molecule has 0 saturated heterocycles. The lowest BCUT2D eigenvalue weighted by molar-refractivity contribution is 0.660. The van der Waals surface area contributed by atoms with Gasteiger partial charge in [0.2, 0.25) is 13.4 Å². The zero-order valence-electron chi connectivity index (χ0n) is 30.6. The van der Waals surface area contributed by atoms with E-state index >= 15 is 0 Å². The predicted molar refractivity (Wildman–Crippen MR) is 229 cm³/mol. The lowest BCUT2D eigenvalue weighted by Crippen LogP contribution is -2.52. The number of fused-ring (bicyclic) bond motifs is 3. The standard InChI is InChI=1S/C50H44B2/c1-36(2)39-25-29-44(30-26-39)51(40-14-8-5-9-15-40)43-27-22-37(23-28-43)20-21-38-24-32-46-47-33-31-45(35-49(47)50(3,4)48(46)34-38)52(41-16-10-6-11-17-41)42-18-12-7-13-19-42/h5-36H,1-4H3. The topological polar surface area (TPSA) is 0 Å². The van der Waals surface area contributed by atoms with Gasteiger partial charge in [0, 0.05) is 5.41 Å². The van der Waals surface area contributed by atoms with Crippen LogP contribution in [0.15, 0.2) is 176 Å². The van der Waals surface area contributed by atoms with E-state index in [-0.39, 0.29) is 18.8 Å². The van der Waals surface area contributed by atoms with E-state index in [4.69, 9.17) is 0 Å². The molecule has 0 heterocycles. The van der Waals surface area contributed by atoms with Crippen molar-refractivity contribution in [3.05, 3.63) is 204 Å². The van der Waals surface area contributed by atoms with Crippen LogP contribution in [0.2, 0.25) is 0 Å². The fraction of sp³-hybridized carbons (Fsp3) is 0.120. The van der Waals surface area contributed by atoms with Gasteiger partial charge >= 0.3 is 0 Å². The molecule has 2 heteroatoms. The summed E-state index contributed by atoms with van der Waals surface area (Å²) in [4.78, 5) is 0. The van der Waals surface area contributed by atoms with Gasteiger partial charge < -0.3 is 0 Å². The van der Waals surface area contributed by atoms with Crippen molar-refractivity contribution in [3.63, 3.8) is 0 Å². The van der Waals surface area contributed by atoms with Crippen LogP contribution in [-0.2, 0) is 5.41 Å². The maximum Gasteiger partial charge on any atom is 0.241 e. The highest BCUT2D eigenvalue weighted by molar-refractivity contribution is 6.96. The van der Waals surface area contributed by atoms with Gasteiger partial charge in [0.05, 0.1) is 0 Å². The Morgan fingerprint density at radius 1 is 0.404 bits per heavy atom. The molecule has 250 valence electrons. The van der Waals surface area contributed by atoms with Crippen LogP contribution in [0.25, 0.3) is 23.3 Å². The molecule has 0 aliphatic heterocycles. The van der Waals surface area contributed by atoms with Crippen molar-refractivity contribution in [2.75, 3.05) is 0 Å². The summed E-state index contributed by atoms with van der Waals surface area (Å²) in [5, 5.41) is 0. The minimum absolute atomic E-state index is 0.107. The molecule has 7 aromatic carbocycles. The van der Waals surface area contributed by atoms with Gasteiger partial charge in [-0.25, -0.2) is 0 Å². The first kappa shape index (κ1) is 33.5. The molecule has 52 heavy (non-hydrogen) atoms. The van der Waals surface area contributed by atoms with Crippen LogP contribution in [-0.4, -0.2) is 13.4 Å². The SMILES string of the molecule is CC(C)c1ccc(B(c2ccccc2)c2ccc(C=Cc3ccc4c(c3)C(C)(C)c3cc(B(c5ccccc5)c5ccccc5)ccc3-4)cc2)cc1. The highest BCUT2D eigenvalue weighted by Crippen LogP contribution is 2.48. The smallest absolute Gasteiger partial charge is 0.0687 e. The number of benzene rings is 7. The molecule has 8 rings (SSSR count). The van der Waals surface area contributed by atoms with Crippen LogP contribution >= 0.6 is 0 Å². The van der Waals surface area contributed by atoms with E-state index < -0.39 is 0 Å². The molecule has 0 fully saturated rings. The summed E-state index contributed by atoms with van der Waals surface area (Å²) in [6.07, 6.45) is 4.51. The molecule has 0 amide bonds. The summed E-state index contributed by atoms with van der Waals surface area (Å²) in [6, 6.07) is 65.1. The molecule has 0 bridgehead atoms. The molecular formula is C50H44B2. The summed E-state index contributed by atoms with van der Waals surface area (Å²) >= 11 is 0. The highest BCUT2D eigenvalue weighted by atomic mass is 14.4. The number of rotatable bonds is 9. The van der Waals surface area contributed by atoms with E-state index in [0.29, 0.717) is 5.92 Å². The molecule has 0 atom stereocenters. The maximum atomic E-state index is 2.47. The monoisotopic (exact) mass is 666 g/mol. The predicted octanol–water partition coefficient (Wildman–Crippen LogP) is 8.32. The van der Waals surface area contributed by atoms with Gasteiger partial charge in [0.15, 0.2) is 0 Å². The van der Waals surface area contributed by atoms with Crippen LogP contribution in [0, 0.1) is 0 Å². The average Bonchev–Trinajstić information content (AvgIpc) is 3.41. The van der Waals surface area contributed by atoms with E-state index in [9.17, 15) is 0 Å². The zero-order chi connectivity index (χ0) is 35.7. The maximum absolute atomic E-state index is 2.47.